The van der Waals surface area contributed by atoms with Crippen LogP contribution in [0.25, 0.3) is 0 Å². The van der Waals surface area contributed by atoms with Crippen LogP contribution in [0.5, 0.6) is 0 Å². The van der Waals surface area contributed by atoms with Crippen LogP contribution in [0.4, 0.5) is 18.9 Å². The smallest absolute Gasteiger partial charge is 0.368 e. The second-order valence-electron chi connectivity index (χ2n) is 6.19. The second-order valence-corrected chi connectivity index (χ2v) is 6.19. The molecule has 1 aliphatic rings. The van der Waals surface area contributed by atoms with Crippen LogP contribution >= 0.6 is 24.0 Å². The number of rotatable bonds is 6. The molecule has 1 saturated heterocycles. The van der Waals surface area contributed by atoms with Gasteiger partial charge < -0.3 is 20.4 Å². The summed E-state index contributed by atoms with van der Waals surface area (Å²) in [6.45, 7) is 4.62. The van der Waals surface area contributed by atoms with Gasteiger partial charge in [0.1, 0.15) is 6.54 Å². The average Bonchev–Trinajstić information content (AvgIpc) is 2.66. The third-order valence-electron chi connectivity index (χ3n) is 4.17. The molecule has 1 heterocycles. The monoisotopic (exact) mass is 513 g/mol. The van der Waals surface area contributed by atoms with Crippen molar-refractivity contribution in [1.29, 1.82) is 0 Å². The number of nitrogens with one attached hydrogen (secondary N) is 2. The number of alkyl halides is 3. The molecule has 1 amide bonds. The predicted molar refractivity (Wildman–Crippen MR) is 115 cm³/mol. The van der Waals surface area contributed by atoms with Gasteiger partial charge >= 0.3 is 6.18 Å². The standard InChI is InChI=1S/C18H26F3N5O.HI/c1-2-22-17(23-9-8-18(19,20)21)24-14-16(27)26-12-10-25(11-13-26)15-6-4-3-5-7-15;/h3-7H,2,8-14H2,1H3,(H2,22,23,24);1H. The lowest BCUT2D eigenvalue weighted by Crippen LogP contribution is -2.49. The van der Waals surface area contributed by atoms with Crippen molar-refractivity contribution in [3.05, 3.63) is 30.3 Å². The van der Waals surface area contributed by atoms with Crippen LogP contribution in [-0.4, -0.2) is 68.8 Å². The largest absolute Gasteiger partial charge is 0.390 e. The molecule has 1 aromatic carbocycles. The fourth-order valence-corrected chi connectivity index (χ4v) is 2.76. The van der Waals surface area contributed by atoms with Gasteiger partial charge in [-0.2, -0.15) is 13.2 Å². The van der Waals surface area contributed by atoms with Gasteiger partial charge in [-0.25, -0.2) is 4.99 Å². The Balaban J connectivity index is 0.00000392. The number of piperazine rings is 1. The number of hydrogen-bond acceptors (Lipinski definition) is 3. The Labute approximate surface area is 180 Å². The van der Waals surface area contributed by atoms with Crippen molar-refractivity contribution >= 4 is 41.5 Å². The normalized spacial score (nSPS) is 15.1. The Bertz CT molecular complexity index is 619. The highest BCUT2D eigenvalue weighted by atomic mass is 127. The van der Waals surface area contributed by atoms with Gasteiger partial charge in [0.15, 0.2) is 5.96 Å². The summed E-state index contributed by atoms with van der Waals surface area (Å²) in [6.07, 6.45) is -5.18. The number of amides is 1. The van der Waals surface area contributed by atoms with Gasteiger partial charge in [0.25, 0.3) is 0 Å². The number of nitrogens with zero attached hydrogens (tertiary/aromatic N) is 3. The first-order valence-electron chi connectivity index (χ1n) is 9.06. The van der Waals surface area contributed by atoms with Gasteiger partial charge in [-0.1, -0.05) is 18.2 Å². The molecule has 0 bridgehead atoms. The molecule has 0 aliphatic carbocycles. The van der Waals surface area contributed by atoms with E-state index in [-0.39, 0.29) is 48.9 Å². The number of aliphatic imine (C=N–C) groups is 1. The third-order valence-corrected chi connectivity index (χ3v) is 4.17. The minimum Gasteiger partial charge on any atom is -0.368 e. The van der Waals surface area contributed by atoms with Crippen LogP contribution in [0.2, 0.25) is 0 Å². The molecule has 1 aliphatic heterocycles. The summed E-state index contributed by atoms with van der Waals surface area (Å²) in [5, 5.41) is 5.45. The molecule has 1 aromatic rings. The van der Waals surface area contributed by atoms with Crippen LogP contribution in [0.15, 0.2) is 35.3 Å². The van der Waals surface area contributed by atoms with Gasteiger partial charge in [0, 0.05) is 45.0 Å². The summed E-state index contributed by atoms with van der Waals surface area (Å²) in [5.41, 5.74) is 1.13. The first kappa shape index (κ1) is 24.3. The molecule has 0 radical (unpaired) electrons. The highest BCUT2D eigenvalue weighted by Crippen LogP contribution is 2.18. The molecule has 2 N–H and O–H groups in total. The molecule has 0 unspecified atom stereocenters. The molecule has 28 heavy (non-hydrogen) atoms. The van der Waals surface area contributed by atoms with E-state index in [9.17, 15) is 18.0 Å². The van der Waals surface area contributed by atoms with E-state index in [4.69, 9.17) is 0 Å². The first-order chi connectivity index (χ1) is 12.9. The lowest BCUT2D eigenvalue weighted by molar-refractivity contribution is -0.133. The number of carbonyl (C=O) groups is 1. The molecule has 1 fully saturated rings. The van der Waals surface area contributed by atoms with E-state index in [2.05, 4.69) is 20.5 Å². The molecule has 0 spiro atoms. The highest BCUT2D eigenvalue weighted by molar-refractivity contribution is 14.0. The van der Waals surface area contributed by atoms with E-state index in [0.717, 1.165) is 18.8 Å². The maximum absolute atomic E-state index is 12.3. The third kappa shape index (κ3) is 8.53. The topological polar surface area (TPSA) is 60.0 Å². The summed E-state index contributed by atoms with van der Waals surface area (Å²) in [4.78, 5) is 20.4. The van der Waals surface area contributed by atoms with Crippen molar-refractivity contribution < 1.29 is 18.0 Å². The lowest BCUT2D eigenvalue weighted by Gasteiger charge is -2.36. The maximum Gasteiger partial charge on any atom is 0.390 e. The van der Waals surface area contributed by atoms with Crippen molar-refractivity contribution in [2.45, 2.75) is 19.5 Å². The number of anilines is 1. The fraction of sp³-hybridized carbons (Fsp3) is 0.556. The fourth-order valence-electron chi connectivity index (χ4n) is 2.76. The van der Waals surface area contributed by atoms with E-state index < -0.39 is 12.6 Å². The number of guanidine groups is 1. The van der Waals surface area contributed by atoms with Crippen molar-refractivity contribution in [1.82, 2.24) is 15.5 Å². The van der Waals surface area contributed by atoms with E-state index in [0.29, 0.717) is 19.6 Å². The summed E-state index contributed by atoms with van der Waals surface area (Å²) in [5.74, 6) is 0.0914. The summed E-state index contributed by atoms with van der Waals surface area (Å²) in [7, 11) is 0. The Hall–Kier alpha value is -1.72. The van der Waals surface area contributed by atoms with Crippen LogP contribution in [0.3, 0.4) is 0 Å². The molecular weight excluding hydrogens is 486 g/mol. The maximum atomic E-state index is 12.3. The Morgan fingerprint density at radius 1 is 1.11 bits per heavy atom. The van der Waals surface area contributed by atoms with Gasteiger partial charge in [0.05, 0.1) is 6.42 Å². The van der Waals surface area contributed by atoms with Crippen LogP contribution < -0.4 is 15.5 Å². The van der Waals surface area contributed by atoms with Crippen molar-refractivity contribution in [2.24, 2.45) is 4.99 Å². The summed E-state index contributed by atoms with van der Waals surface area (Å²) in [6, 6.07) is 10.0. The van der Waals surface area contributed by atoms with Gasteiger partial charge in [-0.3, -0.25) is 4.79 Å². The SMILES string of the molecule is CCNC(=NCC(=O)N1CCN(c2ccccc2)CC1)NCCC(F)(F)F.I. The molecule has 6 nitrogen and oxygen atoms in total. The van der Waals surface area contributed by atoms with E-state index in [1.807, 2.05) is 37.3 Å². The minimum atomic E-state index is -4.22. The molecule has 0 aromatic heterocycles. The molecule has 2 rings (SSSR count). The van der Waals surface area contributed by atoms with Crippen LogP contribution in [-0.2, 0) is 4.79 Å². The molecule has 10 heteroatoms. The van der Waals surface area contributed by atoms with Crippen molar-refractivity contribution in [3.63, 3.8) is 0 Å². The van der Waals surface area contributed by atoms with Gasteiger partial charge in [-0.05, 0) is 19.1 Å². The van der Waals surface area contributed by atoms with Crippen LogP contribution in [0.1, 0.15) is 13.3 Å². The molecule has 158 valence electrons. The molecule has 0 atom stereocenters. The van der Waals surface area contributed by atoms with Crippen molar-refractivity contribution in [3.8, 4) is 0 Å². The zero-order valence-electron chi connectivity index (χ0n) is 15.8. The number of benzene rings is 1. The van der Waals surface area contributed by atoms with E-state index in [1.165, 1.54) is 0 Å². The number of hydrogen-bond donors (Lipinski definition) is 2. The second kappa shape index (κ2) is 12.0. The number of para-hydroxylation sites is 1. The number of halogens is 4. The number of carbonyl (C=O) groups excluding carboxylic acids is 1. The molecular formula is C18H27F3IN5O. The van der Waals surface area contributed by atoms with E-state index in [1.54, 1.807) is 4.90 Å². The minimum absolute atomic E-state index is 0. The zero-order chi connectivity index (χ0) is 19.7. The Kier molecular flexibility index (Phi) is 10.4. The summed E-state index contributed by atoms with van der Waals surface area (Å²) < 4.78 is 36.7. The Morgan fingerprint density at radius 3 is 2.32 bits per heavy atom. The van der Waals surface area contributed by atoms with Gasteiger partial charge in [-0.15, -0.1) is 24.0 Å². The average molecular weight is 513 g/mol. The Morgan fingerprint density at radius 2 is 1.75 bits per heavy atom. The highest BCUT2D eigenvalue weighted by Gasteiger charge is 2.26. The zero-order valence-corrected chi connectivity index (χ0v) is 18.2. The van der Waals surface area contributed by atoms with E-state index >= 15 is 0 Å². The van der Waals surface area contributed by atoms with Crippen molar-refractivity contribution in [2.75, 3.05) is 50.7 Å². The first-order valence-corrected chi connectivity index (χ1v) is 9.06. The quantitative estimate of drug-likeness (QED) is 0.349. The van der Waals surface area contributed by atoms with Crippen LogP contribution in [0, 0.1) is 0 Å². The predicted octanol–water partition coefficient (Wildman–Crippen LogP) is 2.46. The molecule has 0 saturated carbocycles. The summed E-state index contributed by atoms with van der Waals surface area (Å²) >= 11 is 0. The lowest BCUT2D eigenvalue weighted by atomic mass is 10.2. The van der Waals surface area contributed by atoms with Gasteiger partial charge in [0.2, 0.25) is 5.91 Å².